The molecule has 2 rings (SSSR count). The second-order valence-corrected chi connectivity index (χ2v) is 6.79. The number of halogens is 1. The number of hydrogen-bond acceptors (Lipinski definition) is 4. The van der Waals surface area contributed by atoms with Gasteiger partial charge >= 0.3 is 0 Å². The molecule has 0 spiro atoms. The van der Waals surface area contributed by atoms with Crippen molar-refractivity contribution in [1.29, 1.82) is 0 Å². The molecule has 116 valence electrons. The Bertz CT molecular complexity index is 821. The van der Waals surface area contributed by atoms with E-state index in [0.29, 0.717) is 15.9 Å². The predicted octanol–water partition coefficient (Wildman–Crippen LogP) is 2.36. The van der Waals surface area contributed by atoms with Crippen LogP contribution >= 0.6 is 15.9 Å². The highest BCUT2D eigenvalue weighted by Crippen LogP contribution is 2.23. The number of rotatable bonds is 4. The highest BCUT2D eigenvalue weighted by atomic mass is 79.9. The van der Waals surface area contributed by atoms with E-state index in [1.165, 1.54) is 25.3 Å². The SMILES string of the molecule is COc1cccc(NC(=O)c2cc(S(N)(=O)=O)ccc2Br)c1. The third-order valence-corrected chi connectivity index (χ3v) is 4.44. The fraction of sp³-hybridized carbons (Fsp3) is 0.0714. The highest BCUT2D eigenvalue weighted by molar-refractivity contribution is 9.10. The number of primary sulfonamides is 1. The van der Waals surface area contributed by atoms with Gasteiger partial charge in [-0.25, -0.2) is 13.6 Å². The number of nitrogens with one attached hydrogen (secondary N) is 1. The fourth-order valence-electron chi connectivity index (χ4n) is 1.75. The maximum absolute atomic E-state index is 12.3. The largest absolute Gasteiger partial charge is 0.497 e. The molecule has 2 aromatic carbocycles. The Labute approximate surface area is 136 Å². The van der Waals surface area contributed by atoms with Gasteiger partial charge in [0, 0.05) is 16.2 Å². The molecule has 0 aliphatic heterocycles. The van der Waals surface area contributed by atoms with Gasteiger partial charge < -0.3 is 10.1 Å². The van der Waals surface area contributed by atoms with Crippen molar-refractivity contribution in [3.8, 4) is 5.75 Å². The Morgan fingerprint density at radius 3 is 2.59 bits per heavy atom. The molecule has 2 aromatic rings. The lowest BCUT2D eigenvalue weighted by Crippen LogP contribution is -2.16. The molecule has 6 nitrogen and oxygen atoms in total. The van der Waals surface area contributed by atoms with E-state index in [0.717, 1.165) is 0 Å². The number of carbonyl (C=O) groups excluding carboxylic acids is 1. The van der Waals surface area contributed by atoms with Crippen LogP contribution in [0.2, 0.25) is 0 Å². The summed E-state index contributed by atoms with van der Waals surface area (Å²) in [5.74, 6) is 0.126. The summed E-state index contributed by atoms with van der Waals surface area (Å²) in [6, 6.07) is 10.8. The Hall–Kier alpha value is -1.90. The first kappa shape index (κ1) is 16.5. The molecule has 0 unspecified atom stereocenters. The molecular formula is C14H13BrN2O4S. The lowest BCUT2D eigenvalue weighted by molar-refractivity contribution is 0.102. The predicted molar refractivity (Wildman–Crippen MR) is 86.5 cm³/mol. The third-order valence-electron chi connectivity index (χ3n) is 2.84. The second kappa shape index (κ2) is 6.47. The number of anilines is 1. The van der Waals surface area contributed by atoms with Crippen molar-refractivity contribution in [2.75, 3.05) is 12.4 Å². The average Bonchev–Trinajstić information content (AvgIpc) is 2.46. The first-order chi connectivity index (χ1) is 10.3. The molecule has 0 heterocycles. The quantitative estimate of drug-likeness (QED) is 0.844. The number of benzene rings is 2. The minimum absolute atomic E-state index is 0.133. The molecule has 3 N–H and O–H groups in total. The average molecular weight is 385 g/mol. The fourth-order valence-corrected chi connectivity index (χ4v) is 2.72. The van der Waals surface area contributed by atoms with Crippen molar-refractivity contribution in [1.82, 2.24) is 0 Å². The van der Waals surface area contributed by atoms with Gasteiger partial charge in [0.05, 0.1) is 17.6 Å². The monoisotopic (exact) mass is 384 g/mol. The van der Waals surface area contributed by atoms with Crippen molar-refractivity contribution in [2.24, 2.45) is 5.14 Å². The van der Waals surface area contributed by atoms with Gasteiger partial charge in [0.25, 0.3) is 5.91 Å². The van der Waals surface area contributed by atoms with Gasteiger partial charge in [-0.2, -0.15) is 0 Å². The van der Waals surface area contributed by atoms with E-state index < -0.39 is 15.9 Å². The second-order valence-electron chi connectivity index (χ2n) is 4.37. The molecule has 0 saturated heterocycles. The molecule has 0 atom stereocenters. The van der Waals surface area contributed by atoms with Crippen molar-refractivity contribution in [3.63, 3.8) is 0 Å². The van der Waals surface area contributed by atoms with E-state index in [2.05, 4.69) is 21.2 Å². The Kier molecular flexibility index (Phi) is 4.84. The normalized spacial score (nSPS) is 11.0. The lowest BCUT2D eigenvalue weighted by atomic mass is 10.2. The molecule has 22 heavy (non-hydrogen) atoms. The maximum atomic E-state index is 12.3. The molecule has 0 aliphatic rings. The Morgan fingerprint density at radius 1 is 1.23 bits per heavy atom. The summed E-state index contributed by atoms with van der Waals surface area (Å²) in [4.78, 5) is 12.2. The molecule has 1 amide bonds. The van der Waals surface area contributed by atoms with Crippen molar-refractivity contribution in [2.45, 2.75) is 4.90 Å². The van der Waals surface area contributed by atoms with E-state index in [9.17, 15) is 13.2 Å². The van der Waals surface area contributed by atoms with Crippen LogP contribution in [0, 0.1) is 0 Å². The summed E-state index contributed by atoms with van der Waals surface area (Å²) >= 11 is 3.22. The van der Waals surface area contributed by atoms with Crippen LogP contribution in [0.1, 0.15) is 10.4 Å². The van der Waals surface area contributed by atoms with Crippen LogP contribution in [-0.2, 0) is 10.0 Å². The standard InChI is InChI=1S/C14H13BrN2O4S/c1-21-10-4-2-3-9(7-10)17-14(18)12-8-11(22(16,19)20)5-6-13(12)15/h2-8H,1H3,(H,17,18)(H2,16,19,20). The van der Waals surface area contributed by atoms with E-state index >= 15 is 0 Å². The topological polar surface area (TPSA) is 98.5 Å². The Balaban J connectivity index is 2.33. The number of amides is 1. The van der Waals surface area contributed by atoms with Gasteiger partial charge in [-0.3, -0.25) is 4.79 Å². The lowest BCUT2D eigenvalue weighted by Gasteiger charge is -2.09. The van der Waals surface area contributed by atoms with E-state index in [1.54, 1.807) is 24.3 Å². The third kappa shape index (κ3) is 3.85. The van der Waals surface area contributed by atoms with Crippen LogP contribution in [0.25, 0.3) is 0 Å². The summed E-state index contributed by atoms with van der Waals surface area (Å²) in [5, 5.41) is 7.74. The van der Waals surface area contributed by atoms with Crippen LogP contribution < -0.4 is 15.2 Å². The smallest absolute Gasteiger partial charge is 0.256 e. The van der Waals surface area contributed by atoms with Gasteiger partial charge in [-0.05, 0) is 46.3 Å². The van der Waals surface area contributed by atoms with Crippen LogP contribution in [0.15, 0.2) is 51.8 Å². The van der Waals surface area contributed by atoms with Crippen LogP contribution in [-0.4, -0.2) is 21.4 Å². The van der Waals surface area contributed by atoms with Gasteiger partial charge in [0.15, 0.2) is 0 Å². The molecule has 0 fully saturated rings. The van der Waals surface area contributed by atoms with Crippen LogP contribution in [0.4, 0.5) is 5.69 Å². The zero-order chi connectivity index (χ0) is 16.3. The number of ether oxygens (including phenoxy) is 1. The van der Waals surface area contributed by atoms with Gasteiger partial charge in [-0.15, -0.1) is 0 Å². The summed E-state index contributed by atoms with van der Waals surface area (Å²) in [7, 11) is -2.36. The van der Waals surface area contributed by atoms with Crippen molar-refractivity contribution >= 4 is 37.5 Å². The number of carbonyl (C=O) groups is 1. The Morgan fingerprint density at radius 2 is 1.95 bits per heavy atom. The van der Waals surface area contributed by atoms with Crippen LogP contribution in [0.5, 0.6) is 5.75 Å². The van der Waals surface area contributed by atoms with E-state index in [-0.39, 0.29) is 10.5 Å². The molecular weight excluding hydrogens is 372 g/mol. The molecule has 0 radical (unpaired) electrons. The van der Waals surface area contributed by atoms with Crippen LogP contribution in [0.3, 0.4) is 0 Å². The van der Waals surface area contributed by atoms with Crippen molar-refractivity contribution in [3.05, 3.63) is 52.5 Å². The summed E-state index contributed by atoms with van der Waals surface area (Å²) in [6.07, 6.45) is 0. The number of hydrogen-bond donors (Lipinski definition) is 2. The number of sulfonamides is 1. The molecule has 0 bridgehead atoms. The zero-order valence-electron chi connectivity index (χ0n) is 11.5. The molecule has 8 heteroatoms. The highest BCUT2D eigenvalue weighted by Gasteiger charge is 2.16. The number of methoxy groups -OCH3 is 1. The molecule has 0 saturated carbocycles. The van der Waals surface area contributed by atoms with E-state index in [4.69, 9.17) is 9.88 Å². The van der Waals surface area contributed by atoms with Gasteiger partial charge in [0.2, 0.25) is 10.0 Å². The first-order valence-corrected chi connectivity index (χ1v) is 8.43. The zero-order valence-corrected chi connectivity index (χ0v) is 13.9. The number of nitrogens with two attached hydrogens (primary N) is 1. The summed E-state index contributed by atoms with van der Waals surface area (Å²) in [6.45, 7) is 0. The summed E-state index contributed by atoms with van der Waals surface area (Å²) < 4.78 is 28.3. The van der Waals surface area contributed by atoms with E-state index in [1.807, 2.05) is 0 Å². The summed E-state index contributed by atoms with van der Waals surface area (Å²) in [5.41, 5.74) is 0.687. The molecule has 0 aliphatic carbocycles. The minimum atomic E-state index is -3.88. The van der Waals surface area contributed by atoms with Gasteiger partial charge in [-0.1, -0.05) is 6.07 Å². The first-order valence-electron chi connectivity index (χ1n) is 6.09. The minimum Gasteiger partial charge on any atom is -0.497 e. The molecule has 0 aromatic heterocycles. The maximum Gasteiger partial charge on any atom is 0.256 e. The van der Waals surface area contributed by atoms with Gasteiger partial charge in [0.1, 0.15) is 5.75 Å². The van der Waals surface area contributed by atoms with Crippen molar-refractivity contribution < 1.29 is 17.9 Å².